The van der Waals surface area contributed by atoms with Gasteiger partial charge in [-0.2, -0.15) is 20.1 Å². The third-order valence-electron chi connectivity index (χ3n) is 4.56. The molecule has 11 nitrogen and oxygen atoms in total. The van der Waals surface area contributed by atoms with Crippen LogP contribution >= 0.6 is 0 Å². The first-order chi connectivity index (χ1) is 17.0. The SMILES string of the molecule is COc1ccc(Nc2nc(N/N=C/c3ccc(F)cc3)nc(Nc3ccc([N+](=O)[O-])cc3)n2)cc1. The van der Waals surface area contributed by atoms with E-state index in [0.29, 0.717) is 22.7 Å². The summed E-state index contributed by atoms with van der Waals surface area (Å²) in [6.45, 7) is 0. The number of non-ortho nitro benzene ring substituents is 1. The van der Waals surface area contributed by atoms with Crippen molar-refractivity contribution in [3.63, 3.8) is 0 Å². The first-order valence-corrected chi connectivity index (χ1v) is 10.2. The van der Waals surface area contributed by atoms with E-state index in [4.69, 9.17) is 4.74 Å². The molecule has 0 spiro atoms. The van der Waals surface area contributed by atoms with Gasteiger partial charge in [0.2, 0.25) is 17.8 Å². The van der Waals surface area contributed by atoms with Gasteiger partial charge in [-0.3, -0.25) is 10.1 Å². The van der Waals surface area contributed by atoms with Gasteiger partial charge in [0, 0.05) is 23.5 Å². The number of anilines is 5. The van der Waals surface area contributed by atoms with E-state index in [0.717, 1.165) is 0 Å². The Morgan fingerprint density at radius 3 is 1.94 bits per heavy atom. The standard InChI is InChI=1S/C23H19FN8O3/c1-35-20-12-8-18(9-13-20)27-22-28-21(26-17-6-10-19(11-7-17)32(33)34)29-23(30-22)31-25-14-15-2-4-16(24)5-3-15/h2-14H,1H3,(H3,26,27,28,29,30,31)/b25-14+. The van der Waals surface area contributed by atoms with Crippen LogP contribution in [0, 0.1) is 15.9 Å². The third-order valence-corrected chi connectivity index (χ3v) is 4.56. The lowest BCUT2D eigenvalue weighted by molar-refractivity contribution is -0.384. The maximum Gasteiger partial charge on any atom is 0.269 e. The summed E-state index contributed by atoms with van der Waals surface area (Å²) in [4.78, 5) is 23.4. The number of ether oxygens (including phenoxy) is 1. The summed E-state index contributed by atoms with van der Waals surface area (Å²) in [5.74, 6) is 0.866. The first kappa shape index (κ1) is 23.0. The topological polar surface area (TPSA) is 139 Å². The largest absolute Gasteiger partial charge is 0.497 e. The lowest BCUT2D eigenvalue weighted by atomic mass is 10.2. The van der Waals surface area contributed by atoms with Crippen molar-refractivity contribution in [1.82, 2.24) is 15.0 Å². The highest BCUT2D eigenvalue weighted by atomic mass is 19.1. The summed E-state index contributed by atoms with van der Waals surface area (Å²) in [7, 11) is 1.58. The number of aromatic nitrogens is 3. The van der Waals surface area contributed by atoms with Crippen LogP contribution in [0.4, 0.5) is 39.3 Å². The molecule has 12 heteroatoms. The summed E-state index contributed by atoms with van der Waals surface area (Å²) < 4.78 is 18.2. The van der Waals surface area contributed by atoms with Gasteiger partial charge in [0.25, 0.3) is 5.69 Å². The van der Waals surface area contributed by atoms with Crippen LogP contribution in [0.2, 0.25) is 0 Å². The summed E-state index contributed by atoms with van der Waals surface area (Å²) in [6, 6.07) is 18.8. The molecule has 0 unspecified atom stereocenters. The second kappa shape index (κ2) is 10.7. The van der Waals surface area contributed by atoms with E-state index in [1.807, 2.05) is 0 Å². The molecule has 1 aromatic heterocycles. The fraction of sp³-hybridized carbons (Fsp3) is 0.0435. The van der Waals surface area contributed by atoms with Crippen LogP contribution in [0.5, 0.6) is 5.75 Å². The molecular weight excluding hydrogens is 455 g/mol. The molecule has 176 valence electrons. The van der Waals surface area contributed by atoms with Crippen molar-refractivity contribution in [2.75, 3.05) is 23.2 Å². The quantitative estimate of drug-likeness (QED) is 0.176. The van der Waals surface area contributed by atoms with Crippen LogP contribution in [0.25, 0.3) is 0 Å². The molecule has 0 fully saturated rings. The summed E-state index contributed by atoms with van der Waals surface area (Å²) in [6.07, 6.45) is 1.49. The number of hydrogen-bond donors (Lipinski definition) is 3. The van der Waals surface area contributed by atoms with E-state index in [-0.39, 0.29) is 29.3 Å². The van der Waals surface area contributed by atoms with Gasteiger partial charge in [-0.05, 0) is 54.1 Å². The van der Waals surface area contributed by atoms with Crippen LogP contribution in [-0.2, 0) is 0 Å². The Morgan fingerprint density at radius 1 is 0.857 bits per heavy atom. The molecule has 1 heterocycles. The Kier molecular flexibility index (Phi) is 7.02. The zero-order valence-electron chi connectivity index (χ0n) is 18.3. The predicted molar refractivity (Wildman–Crippen MR) is 130 cm³/mol. The smallest absolute Gasteiger partial charge is 0.269 e. The second-order valence-corrected chi connectivity index (χ2v) is 7.01. The number of halogens is 1. The van der Waals surface area contributed by atoms with E-state index in [9.17, 15) is 14.5 Å². The minimum absolute atomic E-state index is 0.0365. The molecule has 0 bridgehead atoms. The lowest BCUT2D eigenvalue weighted by Gasteiger charge is -2.10. The third kappa shape index (κ3) is 6.44. The van der Waals surface area contributed by atoms with Crippen LogP contribution in [-0.4, -0.2) is 33.2 Å². The maximum atomic E-state index is 13.1. The molecule has 0 saturated heterocycles. The van der Waals surface area contributed by atoms with Gasteiger partial charge in [0.1, 0.15) is 11.6 Å². The number of benzene rings is 3. The minimum Gasteiger partial charge on any atom is -0.497 e. The van der Waals surface area contributed by atoms with Crippen molar-refractivity contribution < 1.29 is 14.1 Å². The average molecular weight is 474 g/mol. The predicted octanol–water partition coefficient (Wildman–Crippen LogP) is 4.86. The normalized spacial score (nSPS) is 10.7. The Balaban J connectivity index is 1.57. The number of hydrazone groups is 1. The van der Waals surface area contributed by atoms with Crippen molar-refractivity contribution in [2.24, 2.45) is 5.10 Å². The molecule has 3 N–H and O–H groups in total. The highest BCUT2D eigenvalue weighted by Crippen LogP contribution is 2.22. The summed E-state index contributed by atoms with van der Waals surface area (Å²) >= 11 is 0. The molecule has 0 aliphatic heterocycles. The van der Waals surface area contributed by atoms with Crippen molar-refractivity contribution in [3.05, 3.63) is 94.3 Å². The van der Waals surface area contributed by atoms with Gasteiger partial charge in [-0.25, -0.2) is 9.82 Å². The van der Waals surface area contributed by atoms with E-state index >= 15 is 0 Å². The molecule has 3 aromatic carbocycles. The number of nitro benzene ring substituents is 1. The number of nitro groups is 1. The van der Waals surface area contributed by atoms with Crippen LogP contribution < -0.4 is 20.8 Å². The number of rotatable bonds is 9. The molecule has 0 amide bonds. The van der Waals surface area contributed by atoms with Gasteiger partial charge in [-0.1, -0.05) is 12.1 Å². The van der Waals surface area contributed by atoms with Crippen molar-refractivity contribution >= 4 is 41.1 Å². The molecule has 0 aliphatic rings. The van der Waals surface area contributed by atoms with E-state index in [1.54, 1.807) is 43.5 Å². The van der Waals surface area contributed by atoms with Gasteiger partial charge in [-0.15, -0.1) is 0 Å². The zero-order valence-corrected chi connectivity index (χ0v) is 18.3. The second-order valence-electron chi connectivity index (χ2n) is 7.01. The number of nitrogens with one attached hydrogen (secondary N) is 3. The van der Waals surface area contributed by atoms with Gasteiger partial charge in [0.05, 0.1) is 18.2 Å². The number of methoxy groups -OCH3 is 1. The van der Waals surface area contributed by atoms with Crippen LogP contribution in [0.15, 0.2) is 77.9 Å². The molecule has 0 aliphatic carbocycles. The Bertz CT molecular complexity index is 1330. The van der Waals surface area contributed by atoms with Crippen LogP contribution in [0.3, 0.4) is 0 Å². The monoisotopic (exact) mass is 474 g/mol. The molecule has 0 atom stereocenters. The maximum absolute atomic E-state index is 13.1. The Hall–Kier alpha value is -5.13. The molecule has 4 aromatic rings. The molecule has 4 rings (SSSR count). The van der Waals surface area contributed by atoms with Crippen LogP contribution in [0.1, 0.15) is 5.56 Å². The first-order valence-electron chi connectivity index (χ1n) is 10.2. The minimum atomic E-state index is -0.481. The Morgan fingerprint density at radius 2 is 1.40 bits per heavy atom. The fourth-order valence-corrected chi connectivity index (χ4v) is 2.85. The van der Waals surface area contributed by atoms with E-state index in [2.05, 4.69) is 36.1 Å². The fourth-order valence-electron chi connectivity index (χ4n) is 2.85. The molecular formula is C23H19FN8O3. The zero-order chi connectivity index (χ0) is 24.6. The molecule has 0 saturated carbocycles. The van der Waals surface area contributed by atoms with Crippen molar-refractivity contribution in [3.8, 4) is 5.75 Å². The lowest BCUT2D eigenvalue weighted by Crippen LogP contribution is -2.07. The Labute approximate surface area is 198 Å². The highest BCUT2D eigenvalue weighted by Gasteiger charge is 2.09. The van der Waals surface area contributed by atoms with Crippen molar-refractivity contribution in [2.45, 2.75) is 0 Å². The van der Waals surface area contributed by atoms with E-state index in [1.165, 1.54) is 42.6 Å². The number of hydrogen-bond acceptors (Lipinski definition) is 10. The number of nitrogens with zero attached hydrogens (tertiary/aromatic N) is 5. The van der Waals surface area contributed by atoms with Crippen molar-refractivity contribution in [1.29, 1.82) is 0 Å². The van der Waals surface area contributed by atoms with Gasteiger partial charge in [0.15, 0.2) is 0 Å². The van der Waals surface area contributed by atoms with E-state index < -0.39 is 4.92 Å². The van der Waals surface area contributed by atoms with Gasteiger partial charge < -0.3 is 15.4 Å². The summed E-state index contributed by atoms with van der Waals surface area (Å²) in [5.41, 5.74) is 4.61. The molecule has 35 heavy (non-hydrogen) atoms. The van der Waals surface area contributed by atoms with Gasteiger partial charge >= 0.3 is 0 Å². The highest BCUT2D eigenvalue weighted by molar-refractivity contribution is 5.79. The summed E-state index contributed by atoms with van der Waals surface area (Å²) in [5, 5.41) is 21.1. The molecule has 0 radical (unpaired) electrons. The average Bonchev–Trinajstić information content (AvgIpc) is 2.86.